The zero-order chi connectivity index (χ0) is 18.3. The van der Waals surface area contributed by atoms with Gasteiger partial charge in [-0.1, -0.05) is 50.9 Å². The van der Waals surface area contributed by atoms with E-state index in [-0.39, 0.29) is 5.57 Å². The molecule has 0 fully saturated rings. The predicted molar refractivity (Wildman–Crippen MR) is 100 cm³/mol. The molecule has 0 atom stereocenters. The van der Waals surface area contributed by atoms with Crippen molar-refractivity contribution in [3.05, 3.63) is 40.0 Å². The molecule has 1 amide bonds. The molecule has 0 aliphatic carbocycles. The molecule has 0 aliphatic heterocycles. The highest BCUT2D eigenvalue weighted by Crippen LogP contribution is 2.25. The first-order chi connectivity index (χ1) is 11.2. The molecule has 1 rings (SSSR count). The van der Waals surface area contributed by atoms with Crippen molar-refractivity contribution < 1.29 is 4.79 Å². The van der Waals surface area contributed by atoms with Crippen LogP contribution < -0.4 is 5.32 Å². The Morgan fingerprint density at radius 2 is 1.83 bits per heavy atom. The maximum Gasteiger partial charge on any atom is 0.267 e. The quantitative estimate of drug-likeness (QED) is 0.547. The topological polar surface area (TPSA) is 56.1 Å². The molecular formula is C18H23Cl2N3O. The molecule has 0 heterocycles. The van der Waals surface area contributed by atoms with Crippen molar-refractivity contribution in [2.75, 3.05) is 18.4 Å². The Hall–Kier alpha value is -1.70. The number of carbonyl (C=O) groups is 1. The number of nitrogens with one attached hydrogen (secondary N) is 1. The summed E-state index contributed by atoms with van der Waals surface area (Å²) in [7, 11) is 0. The molecule has 0 saturated carbocycles. The standard InChI is InChI=1S/C18H23Cl2N3O/c1-12(2)9-23(10-13(3)4)11-14(8-21)18(24)22-17-7-15(19)5-6-16(17)20/h5-7,11-13H,9-10H2,1-4H3,(H,22,24)/b14-11-. The van der Waals surface area contributed by atoms with Crippen LogP contribution in [0.15, 0.2) is 30.0 Å². The van der Waals surface area contributed by atoms with Crippen LogP contribution in [0.1, 0.15) is 27.7 Å². The third-order valence-electron chi connectivity index (χ3n) is 3.05. The Balaban J connectivity index is 2.98. The summed E-state index contributed by atoms with van der Waals surface area (Å²) in [5.41, 5.74) is 0.418. The number of benzene rings is 1. The number of halogens is 2. The van der Waals surface area contributed by atoms with Gasteiger partial charge in [0, 0.05) is 24.3 Å². The van der Waals surface area contributed by atoms with Gasteiger partial charge in [-0.25, -0.2) is 0 Å². The van der Waals surface area contributed by atoms with Crippen molar-refractivity contribution in [1.29, 1.82) is 5.26 Å². The first-order valence-electron chi connectivity index (χ1n) is 7.85. The van der Waals surface area contributed by atoms with Crippen LogP contribution >= 0.6 is 23.2 Å². The monoisotopic (exact) mass is 367 g/mol. The zero-order valence-electron chi connectivity index (χ0n) is 14.4. The maximum absolute atomic E-state index is 12.4. The van der Waals surface area contributed by atoms with Gasteiger partial charge in [-0.2, -0.15) is 5.26 Å². The summed E-state index contributed by atoms with van der Waals surface area (Å²) in [6, 6.07) is 6.75. The van der Waals surface area contributed by atoms with Crippen molar-refractivity contribution in [3.63, 3.8) is 0 Å². The molecule has 0 radical (unpaired) electrons. The second-order valence-electron chi connectivity index (χ2n) is 6.47. The van der Waals surface area contributed by atoms with E-state index >= 15 is 0 Å². The van der Waals surface area contributed by atoms with Crippen molar-refractivity contribution in [1.82, 2.24) is 4.90 Å². The summed E-state index contributed by atoms with van der Waals surface area (Å²) in [5, 5.41) is 12.8. The Bertz CT molecular complexity index is 638. The molecule has 1 aromatic rings. The van der Waals surface area contributed by atoms with Crippen LogP contribution in [-0.2, 0) is 4.79 Å². The molecule has 1 aromatic carbocycles. The minimum atomic E-state index is -0.501. The Labute approximate surface area is 154 Å². The van der Waals surface area contributed by atoms with Gasteiger partial charge in [0.2, 0.25) is 0 Å². The van der Waals surface area contributed by atoms with Gasteiger partial charge in [-0.15, -0.1) is 0 Å². The lowest BCUT2D eigenvalue weighted by Gasteiger charge is -2.25. The normalized spacial score (nSPS) is 11.5. The van der Waals surface area contributed by atoms with E-state index in [9.17, 15) is 10.1 Å². The smallest absolute Gasteiger partial charge is 0.267 e. The lowest BCUT2D eigenvalue weighted by molar-refractivity contribution is -0.112. The van der Waals surface area contributed by atoms with E-state index in [1.165, 1.54) is 0 Å². The first kappa shape index (κ1) is 20.3. The molecule has 0 saturated heterocycles. The lowest BCUT2D eigenvalue weighted by atomic mass is 10.1. The van der Waals surface area contributed by atoms with Gasteiger partial charge < -0.3 is 10.2 Å². The van der Waals surface area contributed by atoms with E-state index < -0.39 is 5.91 Å². The molecule has 0 aromatic heterocycles. The minimum absolute atomic E-state index is 0.0346. The van der Waals surface area contributed by atoms with Gasteiger partial charge in [0.15, 0.2) is 0 Å². The van der Waals surface area contributed by atoms with E-state index in [0.29, 0.717) is 27.6 Å². The number of nitriles is 1. The number of carbonyl (C=O) groups excluding carboxylic acids is 1. The molecule has 0 unspecified atom stereocenters. The van der Waals surface area contributed by atoms with Crippen LogP contribution in [0.4, 0.5) is 5.69 Å². The van der Waals surface area contributed by atoms with Crippen LogP contribution in [0.5, 0.6) is 0 Å². The molecule has 24 heavy (non-hydrogen) atoms. The van der Waals surface area contributed by atoms with Gasteiger partial charge in [-0.05, 0) is 30.0 Å². The van der Waals surface area contributed by atoms with Gasteiger partial charge in [0.05, 0.1) is 10.7 Å². The molecule has 6 heteroatoms. The van der Waals surface area contributed by atoms with Crippen molar-refractivity contribution in [2.45, 2.75) is 27.7 Å². The van der Waals surface area contributed by atoms with Gasteiger partial charge >= 0.3 is 0 Å². The average Bonchev–Trinajstić information content (AvgIpc) is 2.47. The van der Waals surface area contributed by atoms with Crippen LogP contribution in [0.2, 0.25) is 10.0 Å². The average molecular weight is 368 g/mol. The van der Waals surface area contributed by atoms with Crippen molar-refractivity contribution >= 4 is 34.8 Å². The zero-order valence-corrected chi connectivity index (χ0v) is 15.9. The Kier molecular flexibility index (Phi) is 8.10. The summed E-state index contributed by atoms with van der Waals surface area (Å²) in [6.07, 6.45) is 1.62. The number of amides is 1. The summed E-state index contributed by atoms with van der Waals surface area (Å²) in [4.78, 5) is 14.4. The highest BCUT2D eigenvalue weighted by Gasteiger charge is 2.15. The summed E-state index contributed by atoms with van der Waals surface area (Å²) in [6.45, 7) is 9.93. The van der Waals surface area contributed by atoms with Gasteiger partial charge in [0.1, 0.15) is 11.6 Å². The van der Waals surface area contributed by atoms with E-state index in [2.05, 4.69) is 33.0 Å². The molecule has 0 aliphatic rings. The number of rotatable bonds is 7. The number of hydrogen-bond acceptors (Lipinski definition) is 3. The van der Waals surface area contributed by atoms with Gasteiger partial charge in [-0.3, -0.25) is 4.79 Å². The van der Waals surface area contributed by atoms with Crippen molar-refractivity contribution in [2.24, 2.45) is 11.8 Å². The molecule has 0 spiro atoms. The molecule has 130 valence electrons. The number of anilines is 1. The van der Waals surface area contributed by atoms with Gasteiger partial charge in [0.25, 0.3) is 5.91 Å². The molecule has 4 nitrogen and oxygen atoms in total. The fraction of sp³-hybridized carbons (Fsp3) is 0.444. The first-order valence-corrected chi connectivity index (χ1v) is 8.60. The highest BCUT2D eigenvalue weighted by atomic mass is 35.5. The largest absolute Gasteiger partial charge is 0.376 e. The summed E-state index contributed by atoms with van der Waals surface area (Å²) < 4.78 is 0. The fourth-order valence-corrected chi connectivity index (χ4v) is 2.56. The fourth-order valence-electron chi connectivity index (χ4n) is 2.22. The number of hydrogen-bond donors (Lipinski definition) is 1. The van der Waals surface area contributed by atoms with E-state index in [1.54, 1.807) is 24.4 Å². The van der Waals surface area contributed by atoms with Crippen LogP contribution in [0.3, 0.4) is 0 Å². The second-order valence-corrected chi connectivity index (χ2v) is 7.32. The van der Waals surface area contributed by atoms with Crippen molar-refractivity contribution in [3.8, 4) is 6.07 Å². The molecule has 0 bridgehead atoms. The predicted octanol–water partition coefficient (Wildman–Crippen LogP) is 4.95. The Morgan fingerprint density at radius 3 is 2.33 bits per heavy atom. The van der Waals surface area contributed by atoms with E-state index in [0.717, 1.165) is 13.1 Å². The number of nitrogens with zero attached hydrogens (tertiary/aromatic N) is 2. The maximum atomic E-state index is 12.4. The van der Waals surface area contributed by atoms with E-state index in [1.807, 2.05) is 11.0 Å². The van der Waals surface area contributed by atoms with Crippen LogP contribution in [0, 0.1) is 23.2 Å². The Morgan fingerprint density at radius 1 is 1.25 bits per heavy atom. The molecule has 1 N–H and O–H groups in total. The second kappa shape index (κ2) is 9.56. The summed E-state index contributed by atoms with van der Waals surface area (Å²) in [5.74, 6) is 0.343. The van der Waals surface area contributed by atoms with E-state index in [4.69, 9.17) is 23.2 Å². The third-order valence-corrected chi connectivity index (χ3v) is 3.62. The molecular weight excluding hydrogens is 345 g/mol. The third kappa shape index (κ3) is 6.82. The highest BCUT2D eigenvalue weighted by molar-refractivity contribution is 6.35. The minimum Gasteiger partial charge on any atom is -0.376 e. The lowest BCUT2D eigenvalue weighted by Crippen LogP contribution is -2.28. The SMILES string of the molecule is CC(C)CN(/C=C(/C#N)C(=O)Nc1cc(Cl)ccc1Cl)CC(C)C. The van der Waals surface area contributed by atoms with Crippen LogP contribution in [0.25, 0.3) is 0 Å². The summed E-state index contributed by atoms with van der Waals surface area (Å²) >= 11 is 12.0. The van der Waals surface area contributed by atoms with Crippen LogP contribution in [-0.4, -0.2) is 23.9 Å².